The largest absolute Gasteiger partial charge is 0.481 e. The topological polar surface area (TPSA) is 133 Å². The Morgan fingerprint density at radius 2 is 1.44 bits per heavy atom. The van der Waals surface area contributed by atoms with Crippen LogP contribution in [0.3, 0.4) is 0 Å². The Labute approximate surface area is 244 Å². The number of carboxylic acid groups (broad SMARTS) is 1. The molecular formula is C32H49N3O6. The van der Waals surface area contributed by atoms with E-state index < -0.39 is 23.8 Å². The van der Waals surface area contributed by atoms with E-state index in [0.29, 0.717) is 24.9 Å². The Hall–Kier alpha value is -3.23. The molecule has 0 aliphatic carbocycles. The van der Waals surface area contributed by atoms with Gasteiger partial charge in [0.25, 0.3) is 5.91 Å². The first-order valence-electron chi connectivity index (χ1n) is 15.5. The molecule has 2 rings (SSSR count). The van der Waals surface area contributed by atoms with Crippen LogP contribution in [0.15, 0.2) is 18.2 Å². The predicted octanol–water partition coefficient (Wildman–Crippen LogP) is 6.11. The van der Waals surface area contributed by atoms with Gasteiger partial charge in [-0.1, -0.05) is 95.6 Å². The van der Waals surface area contributed by atoms with Gasteiger partial charge in [0.15, 0.2) is 6.29 Å². The van der Waals surface area contributed by atoms with Crippen molar-refractivity contribution in [1.82, 2.24) is 10.2 Å². The zero-order chi connectivity index (χ0) is 29.9. The number of rotatable bonds is 22. The lowest BCUT2D eigenvalue weighted by molar-refractivity contribution is -0.138. The van der Waals surface area contributed by atoms with Crippen LogP contribution < -0.4 is 10.6 Å². The van der Waals surface area contributed by atoms with E-state index in [1.54, 1.807) is 18.2 Å². The molecule has 1 aromatic rings. The number of aldehydes is 1. The summed E-state index contributed by atoms with van der Waals surface area (Å²) in [6.07, 6.45) is 19.0. The Morgan fingerprint density at radius 1 is 0.902 bits per heavy atom. The second-order valence-corrected chi connectivity index (χ2v) is 11.1. The van der Waals surface area contributed by atoms with Crippen molar-refractivity contribution >= 4 is 35.7 Å². The van der Waals surface area contributed by atoms with E-state index in [4.69, 9.17) is 5.11 Å². The Kier molecular flexibility index (Phi) is 16.4. The van der Waals surface area contributed by atoms with Gasteiger partial charge in [0.2, 0.25) is 11.8 Å². The summed E-state index contributed by atoms with van der Waals surface area (Å²) in [5.74, 6) is -1.94. The third-order valence-corrected chi connectivity index (χ3v) is 7.82. The van der Waals surface area contributed by atoms with Gasteiger partial charge in [-0.15, -0.1) is 0 Å². The summed E-state index contributed by atoms with van der Waals surface area (Å²) in [4.78, 5) is 60.6. The maximum absolute atomic E-state index is 13.3. The Balaban J connectivity index is 1.58. The average molecular weight is 572 g/mol. The number of imide groups is 1. The fourth-order valence-electron chi connectivity index (χ4n) is 5.35. The van der Waals surface area contributed by atoms with Crippen LogP contribution in [0.4, 0.5) is 5.69 Å². The number of piperidine rings is 1. The number of hydrogen-bond donors (Lipinski definition) is 3. The van der Waals surface area contributed by atoms with Gasteiger partial charge in [0.1, 0.15) is 6.04 Å². The van der Waals surface area contributed by atoms with Crippen molar-refractivity contribution in [2.45, 2.75) is 122 Å². The molecule has 0 bridgehead atoms. The molecule has 0 radical (unpaired) electrons. The minimum atomic E-state index is -0.749. The smallest absolute Gasteiger partial charge is 0.303 e. The fraction of sp³-hybridized carbons (Fsp3) is 0.656. The monoisotopic (exact) mass is 571 g/mol. The van der Waals surface area contributed by atoms with Crippen LogP contribution in [0.25, 0.3) is 0 Å². The number of likely N-dealkylation sites (N-methyl/N-ethyl adjacent to an activating group) is 1. The molecule has 1 aromatic carbocycles. The van der Waals surface area contributed by atoms with Crippen molar-refractivity contribution in [1.29, 1.82) is 0 Å². The molecule has 1 aliphatic rings. The SMILES string of the molecule is CN(C(=O)c1c(C=O)cccc1NCCCCCCCCCCCCCCCCCC(=O)O)C1CCC(=O)NC1=O. The van der Waals surface area contributed by atoms with E-state index in [2.05, 4.69) is 10.6 Å². The number of benzene rings is 1. The number of aliphatic carboxylic acids is 1. The van der Waals surface area contributed by atoms with Crippen LogP contribution in [0.5, 0.6) is 0 Å². The standard InChI is InChI=1S/C32H49N3O6/c1-35(27-21-22-28(37)34-31(27)40)32(41)30-25(24-36)18-17-19-26(30)33-23-16-14-12-10-8-6-4-2-3-5-7-9-11-13-15-20-29(38)39/h17-19,24,27,33H,2-16,20-23H2,1H3,(H,38,39)(H,34,37,40). The summed E-state index contributed by atoms with van der Waals surface area (Å²) in [7, 11) is 1.53. The normalized spacial score (nSPS) is 14.9. The van der Waals surface area contributed by atoms with E-state index >= 15 is 0 Å². The number of carbonyl (C=O) groups is 5. The van der Waals surface area contributed by atoms with Gasteiger partial charge in [-0.2, -0.15) is 0 Å². The van der Waals surface area contributed by atoms with E-state index in [1.807, 2.05) is 0 Å². The molecule has 3 N–H and O–H groups in total. The van der Waals surface area contributed by atoms with Gasteiger partial charge in [-0.3, -0.25) is 29.3 Å². The van der Waals surface area contributed by atoms with Crippen molar-refractivity contribution in [2.75, 3.05) is 18.9 Å². The molecule has 228 valence electrons. The highest BCUT2D eigenvalue weighted by Gasteiger charge is 2.34. The van der Waals surface area contributed by atoms with Crippen molar-refractivity contribution in [3.05, 3.63) is 29.3 Å². The second-order valence-electron chi connectivity index (χ2n) is 11.1. The van der Waals surface area contributed by atoms with Gasteiger partial charge < -0.3 is 15.3 Å². The van der Waals surface area contributed by atoms with Crippen molar-refractivity contribution < 1.29 is 29.1 Å². The summed E-state index contributed by atoms with van der Waals surface area (Å²) in [5, 5.41) is 14.2. The van der Waals surface area contributed by atoms with Gasteiger partial charge >= 0.3 is 5.97 Å². The highest BCUT2D eigenvalue weighted by Crippen LogP contribution is 2.24. The maximum atomic E-state index is 13.3. The number of nitrogens with one attached hydrogen (secondary N) is 2. The molecule has 1 fully saturated rings. The molecule has 1 heterocycles. The van der Waals surface area contributed by atoms with Gasteiger partial charge in [-0.25, -0.2) is 0 Å². The first kappa shape index (κ1) is 34.0. The van der Waals surface area contributed by atoms with Crippen LogP contribution in [-0.4, -0.2) is 59.6 Å². The maximum Gasteiger partial charge on any atom is 0.303 e. The lowest BCUT2D eigenvalue weighted by Gasteiger charge is -2.30. The lowest BCUT2D eigenvalue weighted by Crippen LogP contribution is -2.53. The van der Waals surface area contributed by atoms with Crippen LogP contribution in [-0.2, 0) is 14.4 Å². The molecule has 9 heteroatoms. The predicted molar refractivity (Wildman–Crippen MR) is 160 cm³/mol. The Bertz CT molecular complexity index is 996. The summed E-state index contributed by atoms with van der Waals surface area (Å²) in [6.45, 7) is 0.685. The number of nitrogens with zero attached hydrogens (tertiary/aromatic N) is 1. The van der Waals surface area contributed by atoms with Gasteiger partial charge in [-0.05, 0) is 25.3 Å². The highest BCUT2D eigenvalue weighted by atomic mass is 16.4. The summed E-state index contributed by atoms with van der Waals surface area (Å²) in [5.41, 5.74) is 1.11. The number of carbonyl (C=O) groups excluding carboxylic acids is 4. The third-order valence-electron chi connectivity index (χ3n) is 7.82. The molecular weight excluding hydrogens is 522 g/mol. The molecule has 0 saturated carbocycles. The van der Waals surface area contributed by atoms with E-state index in [0.717, 1.165) is 32.1 Å². The summed E-state index contributed by atoms with van der Waals surface area (Å²) >= 11 is 0. The molecule has 0 aromatic heterocycles. The molecule has 1 saturated heterocycles. The minimum absolute atomic E-state index is 0.175. The number of unbranched alkanes of at least 4 members (excludes halogenated alkanes) is 14. The van der Waals surface area contributed by atoms with Gasteiger partial charge in [0, 0.05) is 37.7 Å². The van der Waals surface area contributed by atoms with Crippen molar-refractivity contribution in [2.24, 2.45) is 0 Å². The number of amides is 3. The van der Waals surface area contributed by atoms with E-state index in [-0.39, 0.29) is 29.9 Å². The molecule has 3 amide bonds. The first-order chi connectivity index (χ1) is 19.8. The van der Waals surface area contributed by atoms with Crippen LogP contribution >= 0.6 is 0 Å². The lowest BCUT2D eigenvalue weighted by atomic mass is 10.0. The van der Waals surface area contributed by atoms with Crippen LogP contribution in [0, 0.1) is 0 Å². The number of carboxylic acids is 1. The van der Waals surface area contributed by atoms with Gasteiger partial charge in [0.05, 0.1) is 5.56 Å². The molecule has 1 atom stereocenters. The zero-order valence-electron chi connectivity index (χ0n) is 24.8. The molecule has 9 nitrogen and oxygen atoms in total. The molecule has 1 aliphatic heterocycles. The third kappa shape index (κ3) is 12.9. The summed E-state index contributed by atoms with van der Waals surface area (Å²) < 4.78 is 0. The van der Waals surface area contributed by atoms with E-state index in [1.165, 1.54) is 76.2 Å². The fourth-order valence-corrected chi connectivity index (χ4v) is 5.35. The summed E-state index contributed by atoms with van der Waals surface area (Å²) in [6, 6.07) is 4.36. The molecule has 1 unspecified atom stereocenters. The van der Waals surface area contributed by atoms with Crippen molar-refractivity contribution in [3.63, 3.8) is 0 Å². The highest BCUT2D eigenvalue weighted by molar-refractivity contribution is 6.08. The molecule has 0 spiro atoms. The molecule has 41 heavy (non-hydrogen) atoms. The average Bonchev–Trinajstić information content (AvgIpc) is 2.95. The Morgan fingerprint density at radius 3 is 1.95 bits per heavy atom. The first-order valence-corrected chi connectivity index (χ1v) is 15.5. The van der Waals surface area contributed by atoms with Crippen molar-refractivity contribution in [3.8, 4) is 0 Å². The quantitative estimate of drug-likeness (QED) is 0.0868. The number of anilines is 1. The zero-order valence-corrected chi connectivity index (χ0v) is 24.8. The van der Waals surface area contributed by atoms with Crippen LogP contribution in [0.2, 0.25) is 0 Å². The number of hydrogen-bond acceptors (Lipinski definition) is 6. The van der Waals surface area contributed by atoms with Crippen LogP contribution in [0.1, 0.15) is 136 Å². The second kappa shape index (κ2) is 19.8. The van der Waals surface area contributed by atoms with E-state index in [9.17, 15) is 24.0 Å². The minimum Gasteiger partial charge on any atom is -0.481 e.